The van der Waals surface area contributed by atoms with Crippen molar-refractivity contribution in [2.45, 2.75) is 36.5 Å². The number of hydrogen-bond acceptors (Lipinski definition) is 3. The zero-order valence-electron chi connectivity index (χ0n) is 9.17. The van der Waals surface area contributed by atoms with Crippen LogP contribution in [0.4, 0.5) is 13.2 Å². The maximum atomic E-state index is 12.8. The molecule has 1 heterocycles. The van der Waals surface area contributed by atoms with Gasteiger partial charge in [-0.25, -0.2) is 4.79 Å². The number of carbonyl (C=O) groups excluding carboxylic acids is 1. The third-order valence-corrected chi connectivity index (χ3v) is 4.09. The summed E-state index contributed by atoms with van der Waals surface area (Å²) in [4.78, 5) is 11.3. The summed E-state index contributed by atoms with van der Waals surface area (Å²) in [6.45, 7) is 2.37. The van der Waals surface area contributed by atoms with Gasteiger partial charge < -0.3 is 9.47 Å². The minimum Gasteiger partial charge on any atom is -0.467 e. The quantitative estimate of drug-likeness (QED) is 0.523. The van der Waals surface area contributed by atoms with Gasteiger partial charge in [-0.2, -0.15) is 13.2 Å². The fraction of sp³-hybridized carbons (Fsp3) is 0.889. The molecule has 0 spiro atoms. The van der Waals surface area contributed by atoms with Gasteiger partial charge in [0.2, 0.25) is 0 Å². The normalized spacial score (nSPS) is 39.8. The number of halogens is 3. The first-order chi connectivity index (χ1) is 7.15. The molecule has 7 heteroatoms. The highest BCUT2D eigenvalue weighted by atomic mass is 27.0. The highest BCUT2D eigenvalue weighted by Gasteiger charge is 2.63. The van der Waals surface area contributed by atoms with E-state index in [1.807, 2.05) is 0 Å². The molecule has 1 aliphatic rings. The van der Waals surface area contributed by atoms with Gasteiger partial charge in [-0.1, -0.05) is 11.7 Å². The van der Waals surface area contributed by atoms with Crippen LogP contribution in [0.5, 0.6) is 0 Å². The smallest absolute Gasteiger partial charge is 0.417 e. The highest BCUT2D eigenvalue weighted by molar-refractivity contribution is 6.14. The van der Waals surface area contributed by atoms with E-state index in [4.69, 9.17) is 4.74 Å². The predicted octanol–water partition coefficient (Wildman–Crippen LogP) is 1.47. The maximum Gasteiger partial charge on any atom is 0.417 e. The summed E-state index contributed by atoms with van der Waals surface area (Å²) >= 11 is 2.22. The molecule has 0 amide bonds. The molecule has 0 aromatic rings. The first kappa shape index (κ1) is 13.8. The second-order valence-electron chi connectivity index (χ2n) is 4.03. The first-order valence-corrected chi connectivity index (χ1v) is 5.39. The van der Waals surface area contributed by atoms with Crippen LogP contribution in [0.25, 0.3) is 0 Å². The van der Waals surface area contributed by atoms with Gasteiger partial charge >= 0.3 is 12.1 Å². The van der Waals surface area contributed by atoms with Gasteiger partial charge in [0.1, 0.15) is 22.4 Å². The van der Waals surface area contributed by atoms with Crippen molar-refractivity contribution in [2.75, 3.05) is 7.11 Å². The van der Waals surface area contributed by atoms with Crippen molar-refractivity contribution < 1.29 is 27.4 Å². The molecule has 1 rings (SSSR count). The minimum atomic E-state index is -4.51. The Morgan fingerprint density at radius 2 is 2.00 bits per heavy atom. The van der Waals surface area contributed by atoms with E-state index >= 15 is 0 Å². The molecule has 16 heavy (non-hydrogen) atoms. The van der Waals surface area contributed by atoms with Crippen LogP contribution in [0.1, 0.15) is 13.8 Å². The first-order valence-electron chi connectivity index (χ1n) is 4.73. The summed E-state index contributed by atoms with van der Waals surface area (Å²) in [5.74, 6) is -1.61. The number of methoxy groups -OCH3 is 1. The average Bonchev–Trinajstić information content (AvgIpc) is 2.42. The van der Waals surface area contributed by atoms with Crippen LogP contribution >= 0.6 is 0 Å². The number of hydrogen-bond donors (Lipinski definition) is 0. The summed E-state index contributed by atoms with van der Waals surface area (Å²) in [6.07, 6.45) is -5.69. The lowest BCUT2D eigenvalue weighted by molar-refractivity contribution is -0.274. The van der Waals surface area contributed by atoms with E-state index in [0.29, 0.717) is 0 Å². The van der Waals surface area contributed by atoms with Crippen LogP contribution in [0.3, 0.4) is 0 Å². The summed E-state index contributed by atoms with van der Waals surface area (Å²) in [7, 11) is 1.12. The molecule has 0 bridgehead atoms. The Morgan fingerprint density at radius 1 is 1.50 bits per heavy atom. The predicted molar refractivity (Wildman–Crippen MR) is 50.0 cm³/mol. The topological polar surface area (TPSA) is 35.5 Å². The number of esters is 1. The van der Waals surface area contributed by atoms with Gasteiger partial charge in [0.05, 0.1) is 7.11 Å². The van der Waals surface area contributed by atoms with Crippen molar-refractivity contribution in [3.05, 3.63) is 0 Å². The molecular weight excluding hydrogens is 240 g/mol. The number of alkyl halides is 3. The van der Waals surface area contributed by atoms with Gasteiger partial charge in [-0.3, -0.25) is 0 Å². The maximum absolute atomic E-state index is 12.8. The molecule has 1 saturated heterocycles. The van der Waals surface area contributed by atoms with E-state index in [2.05, 4.69) is 21.0 Å². The molecule has 2 radical (unpaired) electrons. The summed E-state index contributed by atoms with van der Waals surface area (Å²) in [5.41, 5.74) is -2.31. The number of carbonyl (C=O) groups is 1. The third-order valence-electron chi connectivity index (χ3n) is 3.16. The van der Waals surface area contributed by atoms with E-state index in [9.17, 15) is 18.0 Å². The molecule has 0 aliphatic carbocycles. The Bertz CT molecular complexity index is 294. The number of ether oxygens (including phenoxy) is 2. The summed E-state index contributed by atoms with van der Waals surface area (Å²) < 4.78 is 47.1. The van der Waals surface area contributed by atoms with Gasteiger partial charge in [-0.05, 0) is 12.8 Å². The van der Waals surface area contributed by atoms with Crippen LogP contribution < -0.4 is 0 Å². The average molecular weight is 252 g/mol. The Labute approximate surface area is 99.7 Å². The van der Waals surface area contributed by atoms with E-state index in [-0.39, 0.29) is 0 Å². The van der Waals surface area contributed by atoms with Crippen molar-refractivity contribution in [3.8, 4) is 0 Å². The van der Waals surface area contributed by atoms with Crippen LogP contribution in [0.2, 0.25) is 4.78 Å². The lowest BCUT2D eigenvalue weighted by atomic mass is 9.89. The Morgan fingerprint density at radius 3 is 2.31 bits per heavy atom. The summed E-state index contributed by atoms with van der Waals surface area (Å²) in [5, 5.41) is 0. The monoisotopic (exact) mass is 252 g/mol. The van der Waals surface area contributed by atoms with Crippen LogP contribution in [-0.2, 0) is 14.3 Å². The molecule has 90 valence electrons. The van der Waals surface area contributed by atoms with E-state index in [1.54, 1.807) is 0 Å². The molecule has 3 nitrogen and oxygen atoms in total. The van der Waals surface area contributed by atoms with E-state index in [1.165, 1.54) is 6.92 Å². The van der Waals surface area contributed by atoms with Gasteiger partial charge in [-0.15, -0.1) is 0 Å². The van der Waals surface area contributed by atoms with Crippen LogP contribution in [-0.4, -0.2) is 47.3 Å². The standard InChI is InChI=1S/C9H12F3O3.Al/c1-5-4-6(7(13)14-3)15-8(5,2)9(10,11)12;/h4-6H,1-3H3;/t5-,6?,8+;/m0./s1. The van der Waals surface area contributed by atoms with Gasteiger partial charge in [0, 0.05) is 0 Å². The molecule has 1 aliphatic heterocycles. The molecule has 0 aromatic carbocycles. The lowest BCUT2D eigenvalue weighted by Crippen LogP contribution is -2.47. The fourth-order valence-corrected chi connectivity index (χ4v) is 2.33. The zero-order chi connectivity index (χ0) is 12.7. The molecule has 0 aromatic heterocycles. The largest absolute Gasteiger partial charge is 0.467 e. The van der Waals surface area contributed by atoms with Crippen molar-refractivity contribution in [2.24, 2.45) is 5.92 Å². The molecule has 4 atom stereocenters. The van der Waals surface area contributed by atoms with Crippen LogP contribution in [0.15, 0.2) is 0 Å². The van der Waals surface area contributed by atoms with Crippen LogP contribution in [0, 0.1) is 5.92 Å². The fourth-order valence-electron chi connectivity index (χ4n) is 1.73. The SMILES string of the molecule is COC(=O)C1O[C@@](C)(C(F)(F)F)[C@@H](C)[CH]1[Al]. The Kier molecular flexibility index (Phi) is 3.63. The van der Waals surface area contributed by atoms with Crippen molar-refractivity contribution >= 4 is 22.3 Å². The van der Waals surface area contributed by atoms with Crippen molar-refractivity contribution in [1.29, 1.82) is 0 Å². The van der Waals surface area contributed by atoms with Gasteiger partial charge in [0.25, 0.3) is 0 Å². The Hall–Kier alpha value is -0.248. The minimum absolute atomic E-state index is 0.612. The second-order valence-corrected chi connectivity index (χ2v) is 4.80. The third kappa shape index (κ3) is 1.96. The van der Waals surface area contributed by atoms with Gasteiger partial charge in [0.15, 0.2) is 5.60 Å². The number of rotatable bonds is 1. The molecular formula is C9H12AlF3O3. The highest BCUT2D eigenvalue weighted by Crippen LogP contribution is 2.51. The molecule has 0 N–H and O–H groups in total. The molecule has 0 saturated carbocycles. The zero-order valence-corrected chi connectivity index (χ0v) is 10.3. The summed E-state index contributed by atoms with van der Waals surface area (Å²) in [6, 6.07) is 0. The van der Waals surface area contributed by atoms with Crippen molar-refractivity contribution in [1.82, 2.24) is 0 Å². The van der Waals surface area contributed by atoms with Crippen molar-refractivity contribution in [3.63, 3.8) is 0 Å². The lowest BCUT2D eigenvalue weighted by Gasteiger charge is -2.31. The van der Waals surface area contributed by atoms with E-state index in [0.717, 1.165) is 14.0 Å². The molecule has 2 unspecified atom stereocenters. The van der Waals surface area contributed by atoms with E-state index < -0.39 is 34.5 Å². The Balaban J connectivity index is 3.00. The second kappa shape index (κ2) is 4.21. The molecule has 1 fully saturated rings.